The van der Waals surface area contributed by atoms with Crippen molar-refractivity contribution < 1.29 is 27.4 Å². The van der Waals surface area contributed by atoms with E-state index >= 15 is 0 Å². The minimum atomic E-state index is -4.90. The summed E-state index contributed by atoms with van der Waals surface area (Å²) in [4.78, 5) is 15.0. The number of hydrogen-bond donors (Lipinski definition) is 2. The van der Waals surface area contributed by atoms with E-state index in [-0.39, 0.29) is 30.8 Å². The van der Waals surface area contributed by atoms with E-state index in [2.05, 4.69) is 9.72 Å². The minimum absolute atomic E-state index is 0.00845. The van der Waals surface area contributed by atoms with Gasteiger partial charge in [-0.3, -0.25) is 4.79 Å². The van der Waals surface area contributed by atoms with Crippen molar-refractivity contribution in [1.29, 1.82) is 0 Å². The van der Waals surface area contributed by atoms with Gasteiger partial charge in [0, 0.05) is 12.1 Å². The molecule has 112 valence electrons. The first-order chi connectivity index (χ1) is 9.26. The Morgan fingerprint density at radius 3 is 2.60 bits per heavy atom. The zero-order chi connectivity index (χ0) is 15.3. The van der Waals surface area contributed by atoms with Crippen molar-refractivity contribution in [1.82, 2.24) is 4.98 Å². The van der Waals surface area contributed by atoms with Crippen LogP contribution in [0.25, 0.3) is 0 Å². The van der Waals surface area contributed by atoms with Gasteiger partial charge in [0.15, 0.2) is 11.6 Å². The molecule has 1 aromatic heterocycles. The van der Waals surface area contributed by atoms with Crippen molar-refractivity contribution >= 4 is 11.8 Å². The number of carbonyl (C=O) groups is 1. The number of pyridine rings is 1. The maximum Gasteiger partial charge on any atom is 0.573 e. The lowest BCUT2D eigenvalue weighted by Crippen LogP contribution is -2.21. The zero-order valence-corrected chi connectivity index (χ0v) is 10.7. The summed E-state index contributed by atoms with van der Waals surface area (Å²) in [5.41, 5.74) is 10.9. The molecule has 0 aliphatic rings. The van der Waals surface area contributed by atoms with Crippen molar-refractivity contribution in [3.63, 3.8) is 0 Å². The Kier molecular flexibility index (Phi) is 5.14. The average Bonchev–Trinajstić information content (AvgIpc) is 2.31. The number of ether oxygens (including phenoxy) is 2. The molecule has 0 fully saturated rings. The van der Waals surface area contributed by atoms with Gasteiger partial charge < -0.3 is 20.9 Å². The number of nitrogens with zero attached hydrogens (tertiary/aromatic N) is 1. The monoisotopic (exact) mass is 293 g/mol. The molecule has 9 heteroatoms. The van der Waals surface area contributed by atoms with Crippen LogP contribution in [0.5, 0.6) is 5.75 Å². The highest BCUT2D eigenvalue weighted by Gasteiger charge is 2.33. The van der Waals surface area contributed by atoms with Gasteiger partial charge in [0.05, 0.1) is 18.7 Å². The number of rotatable bonds is 5. The van der Waals surface area contributed by atoms with E-state index in [9.17, 15) is 18.0 Å². The number of hydrogen-bond acceptors (Lipinski definition) is 6. The molecule has 0 aliphatic carbocycles. The van der Waals surface area contributed by atoms with Gasteiger partial charge in [0.25, 0.3) is 0 Å². The van der Waals surface area contributed by atoms with Crippen LogP contribution in [0.2, 0.25) is 0 Å². The van der Waals surface area contributed by atoms with Crippen LogP contribution in [-0.2, 0) is 22.5 Å². The quantitative estimate of drug-likeness (QED) is 0.789. The second-order valence-corrected chi connectivity index (χ2v) is 3.72. The number of carbonyl (C=O) groups excluding carboxylic acids is 1. The summed E-state index contributed by atoms with van der Waals surface area (Å²) >= 11 is 0. The third-order valence-corrected chi connectivity index (χ3v) is 2.20. The number of nitrogens with two attached hydrogens (primary N) is 2. The van der Waals surface area contributed by atoms with Crippen LogP contribution < -0.4 is 16.2 Å². The Morgan fingerprint density at radius 1 is 1.45 bits per heavy atom. The lowest BCUT2D eigenvalue weighted by atomic mass is 10.1. The van der Waals surface area contributed by atoms with Crippen LogP contribution in [0.3, 0.4) is 0 Å². The van der Waals surface area contributed by atoms with Crippen LogP contribution in [-0.4, -0.2) is 23.9 Å². The first-order valence-corrected chi connectivity index (χ1v) is 5.66. The first kappa shape index (κ1) is 16.0. The first-order valence-electron chi connectivity index (χ1n) is 5.66. The van der Waals surface area contributed by atoms with Gasteiger partial charge in [-0.15, -0.1) is 13.2 Å². The van der Waals surface area contributed by atoms with Gasteiger partial charge in [-0.25, -0.2) is 4.98 Å². The molecule has 0 bridgehead atoms. The normalized spacial score (nSPS) is 11.2. The second-order valence-electron chi connectivity index (χ2n) is 3.72. The molecule has 1 aromatic rings. The van der Waals surface area contributed by atoms with E-state index in [1.54, 1.807) is 6.92 Å². The summed E-state index contributed by atoms with van der Waals surface area (Å²) in [6, 6.07) is 1.23. The molecule has 0 aliphatic heterocycles. The average molecular weight is 293 g/mol. The second kappa shape index (κ2) is 6.42. The number of aromatic nitrogens is 1. The molecule has 1 heterocycles. The molecule has 0 spiro atoms. The fraction of sp³-hybridized carbons (Fsp3) is 0.455. The molecule has 0 atom stereocenters. The van der Waals surface area contributed by atoms with Gasteiger partial charge in [0.2, 0.25) is 0 Å². The van der Waals surface area contributed by atoms with Gasteiger partial charge in [-0.2, -0.15) is 0 Å². The molecule has 1 rings (SSSR count). The Bertz CT molecular complexity index is 492. The molecule has 20 heavy (non-hydrogen) atoms. The summed E-state index contributed by atoms with van der Waals surface area (Å²) < 4.78 is 45.2. The Balaban J connectivity index is 3.04. The molecule has 6 nitrogen and oxygen atoms in total. The predicted molar refractivity (Wildman–Crippen MR) is 63.6 cm³/mol. The van der Waals surface area contributed by atoms with E-state index in [1.807, 2.05) is 0 Å². The van der Waals surface area contributed by atoms with Crippen LogP contribution in [0.15, 0.2) is 6.07 Å². The molecule has 0 saturated heterocycles. The standard InChI is InChI=1S/C11H14F3N3O3/c1-2-19-8(18)4-7-3-6(5-15)9(10(16)17-7)20-11(12,13)14/h3H,2,4-5,15H2,1H3,(H2,16,17). The zero-order valence-electron chi connectivity index (χ0n) is 10.7. The lowest BCUT2D eigenvalue weighted by Gasteiger charge is -2.15. The fourth-order valence-electron chi connectivity index (χ4n) is 1.50. The van der Waals surface area contributed by atoms with Gasteiger partial charge in [-0.1, -0.05) is 0 Å². The van der Waals surface area contributed by atoms with E-state index in [0.29, 0.717) is 0 Å². The summed E-state index contributed by atoms with van der Waals surface area (Å²) in [5, 5.41) is 0. The molecule has 0 unspecified atom stereocenters. The summed E-state index contributed by atoms with van der Waals surface area (Å²) in [7, 11) is 0. The van der Waals surface area contributed by atoms with E-state index in [1.165, 1.54) is 6.07 Å². The number of nitrogen functional groups attached to an aromatic ring is 1. The summed E-state index contributed by atoms with van der Waals surface area (Å²) in [6.07, 6.45) is -5.11. The van der Waals surface area contributed by atoms with Crippen molar-refractivity contribution in [2.45, 2.75) is 26.3 Å². The van der Waals surface area contributed by atoms with Gasteiger partial charge in [-0.05, 0) is 13.0 Å². The lowest BCUT2D eigenvalue weighted by molar-refractivity contribution is -0.274. The molecule has 0 saturated carbocycles. The van der Waals surface area contributed by atoms with Crippen LogP contribution in [0.4, 0.5) is 19.0 Å². The molecule has 4 N–H and O–H groups in total. The predicted octanol–water partition coefficient (Wildman–Crippen LogP) is 1.13. The topological polar surface area (TPSA) is 100 Å². The molecule has 0 aromatic carbocycles. The Labute approximate surface area is 112 Å². The minimum Gasteiger partial charge on any atom is -0.466 e. The summed E-state index contributed by atoms with van der Waals surface area (Å²) in [6.45, 7) is 1.58. The highest BCUT2D eigenvalue weighted by Crippen LogP contribution is 2.31. The number of halogens is 3. The molecule has 0 radical (unpaired) electrons. The number of anilines is 1. The number of alkyl halides is 3. The van der Waals surface area contributed by atoms with Crippen molar-refractivity contribution in [2.75, 3.05) is 12.3 Å². The van der Waals surface area contributed by atoms with Gasteiger partial charge >= 0.3 is 12.3 Å². The molecular formula is C11H14F3N3O3. The molecular weight excluding hydrogens is 279 g/mol. The van der Waals surface area contributed by atoms with Crippen LogP contribution in [0, 0.1) is 0 Å². The Morgan fingerprint density at radius 2 is 2.10 bits per heavy atom. The van der Waals surface area contributed by atoms with E-state index in [4.69, 9.17) is 16.2 Å². The highest BCUT2D eigenvalue weighted by atomic mass is 19.4. The smallest absolute Gasteiger partial charge is 0.466 e. The van der Waals surface area contributed by atoms with E-state index in [0.717, 1.165) is 0 Å². The Hall–Kier alpha value is -2.03. The highest BCUT2D eigenvalue weighted by molar-refractivity contribution is 5.72. The third kappa shape index (κ3) is 4.57. The van der Waals surface area contributed by atoms with Gasteiger partial charge in [0.1, 0.15) is 0 Å². The maximum atomic E-state index is 12.2. The summed E-state index contributed by atoms with van der Waals surface area (Å²) in [5.74, 6) is -1.69. The van der Waals surface area contributed by atoms with Crippen LogP contribution >= 0.6 is 0 Å². The molecule has 0 amide bonds. The third-order valence-electron chi connectivity index (χ3n) is 2.20. The van der Waals surface area contributed by atoms with Crippen LogP contribution in [0.1, 0.15) is 18.2 Å². The van der Waals surface area contributed by atoms with E-state index < -0.39 is 23.9 Å². The number of esters is 1. The van der Waals surface area contributed by atoms with Crippen molar-refractivity contribution in [2.24, 2.45) is 5.73 Å². The maximum absolute atomic E-state index is 12.2. The van der Waals surface area contributed by atoms with Crippen molar-refractivity contribution in [3.05, 3.63) is 17.3 Å². The SMILES string of the molecule is CCOC(=O)Cc1cc(CN)c(OC(F)(F)F)c(N)n1. The van der Waals surface area contributed by atoms with Crippen molar-refractivity contribution in [3.8, 4) is 5.75 Å². The largest absolute Gasteiger partial charge is 0.573 e. The fourth-order valence-corrected chi connectivity index (χ4v) is 1.50.